The van der Waals surface area contributed by atoms with Crippen LogP contribution in [0.15, 0.2) is 0 Å². The van der Waals surface area contributed by atoms with Crippen molar-refractivity contribution >= 4 is 5.97 Å². The highest BCUT2D eigenvalue weighted by Gasteiger charge is 2.38. The molecule has 4 nitrogen and oxygen atoms in total. The molecule has 1 N–H and O–H groups in total. The SMILES string of the molecule is O=C(O)CCC1CCCCN1C1CCN(C2CC2)C1. The summed E-state index contributed by atoms with van der Waals surface area (Å²) in [6.07, 6.45) is 9.04. The molecule has 19 heavy (non-hydrogen) atoms. The fourth-order valence-electron chi connectivity index (χ4n) is 3.91. The van der Waals surface area contributed by atoms with Crippen molar-refractivity contribution in [1.82, 2.24) is 9.80 Å². The summed E-state index contributed by atoms with van der Waals surface area (Å²) in [4.78, 5) is 16.1. The lowest BCUT2D eigenvalue weighted by atomic mass is 9.95. The van der Waals surface area contributed by atoms with Gasteiger partial charge in [0, 0.05) is 37.6 Å². The highest BCUT2D eigenvalue weighted by molar-refractivity contribution is 5.66. The predicted molar refractivity (Wildman–Crippen MR) is 74.2 cm³/mol. The van der Waals surface area contributed by atoms with E-state index in [2.05, 4.69) is 9.80 Å². The molecule has 0 spiro atoms. The molecule has 2 aliphatic heterocycles. The number of piperidine rings is 1. The molecule has 0 bridgehead atoms. The lowest BCUT2D eigenvalue weighted by Gasteiger charge is -2.40. The molecule has 3 aliphatic rings. The average Bonchev–Trinajstić information content (AvgIpc) is 3.15. The summed E-state index contributed by atoms with van der Waals surface area (Å²) in [5.41, 5.74) is 0. The summed E-state index contributed by atoms with van der Waals surface area (Å²) < 4.78 is 0. The number of carboxylic acids is 1. The zero-order valence-corrected chi connectivity index (χ0v) is 11.8. The Morgan fingerprint density at radius 3 is 2.63 bits per heavy atom. The van der Waals surface area contributed by atoms with E-state index in [0.717, 1.165) is 12.5 Å². The van der Waals surface area contributed by atoms with Crippen molar-refractivity contribution in [2.24, 2.45) is 0 Å². The maximum atomic E-state index is 10.8. The van der Waals surface area contributed by atoms with Crippen LogP contribution < -0.4 is 0 Å². The average molecular weight is 266 g/mol. The van der Waals surface area contributed by atoms with E-state index in [0.29, 0.717) is 18.5 Å². The monoisotopic (exact) mass is 266 g/mol. The third-order valence-corrected chi connectivity index (χ3v) is 5.09. The van der Waals surface area contributed by atoms with Gasteiger partial charge in [0.15, 0.2) is 0 Å². The Morgan fingerprint density at radius 2 is 1.89 bits per heavy atom. The Hall–Kier alpha value is -0.610. The zero-order chi connectivity index (χ0) is 13.2. The van der Waals surface area contributed by atoms with Gasteiger partial charge in [-0.2, -0.15) is 0 Å². The molecule has 0 radical (unpaired) electrons. The topological polar surface area (TPSA) is 43.8 Å². The van der Waals surface area contributed by atoms with Gasteiger partial charge >= 0.3 is 5.97 Å². The van der Waals surface area contributed by atoms with Gasteiger partial charge in [0.1, 0.15) is 0 Å². The Morgan fingerprint density at radius 1 is 1.05 bits per heavy atom. The van der Waals surface area contributed by atoms with E-state index < -0.39 is 5.97 Å². The van der Waals surface area contributed by atoms with Gasteiger partial charge in [0.05, 0.1) is 0 Å². The summed E-state index contributed by atoms with van der Waals surface area (Å²) in [6, 6.07) is 2.10. The molecule has 108 valence electrons. The van der Waals surface area contributed by atoms with Crippen molar-refractivity contribution < 1.29 is 9.90 Å². The molecule has 3 fully saturated rings. The molecular formula is C15H26N2O2. The van der Waals surface area contributed by atoms with Gasteiger partial charge in [-0.05, 0) is 45.1 Å². The quantitative estimate of drug-likeness (QED) is 0.826. The highest BCUT2D eigenvalue weighted by atomic mass is 16.4. The van der Waals surface area contributed by atoms with Crippen molar-refractivity contribution in [1.29, 1.82) is 0 Å². The molecule has 0 aromatic heterocycles. The zero-order valence-electron chi connectivity index (χ0n) is 11.8. The smallest absolute Gasteiger partial charge is 0.303 e. The number of nitrogens with zero attached hydrogens (tertiary/aromatic N) is 2. The third kappa shape index (κ3) is 3.29. The molecule has 1 aliphatic carbocycles. The largest absolute Gasteiger partial charge is 0.481 e. The van der Waals surface area contributed by atoms with Gasteiger partial charge in [-0.15, -0.1) is 0 Å². The molecule has 2 heterocycles. The predicted octanol–water partition coefficient (Wildman–Crippen LogP) is 1.94. The van der Waals surface area contributed by atoms with E-state index in [1.54, 1.807) is 0 Å². The van der Waals surface area contributed by atoms with Gasteiger partial charge < -0.3 is 5.11 Å². The van der Waals surface area contributed by atoms with Crippen LogP contribution in [0.4, 0.5) is 0 Å². The van der Waals surface area contributed by atoms with Gasteiger partial charge in [0.25, 0.3) is 0 Å². The first-order chi connectivity index (χ1) is 9.24. The fourth-order valence-corrected chi connectivity index (χ4v) is 3.91. The first-order valence-electron chi connectivity index (χ1n) is 7.95. The van der Waals surface area contributed by atoms with Crippen LogP contribution in [0.2, 0.25) is 0 Å². The maximum absolute atomic E-state index is 10.8. The van der Waals surface area contributed by atoms with E-state index in [1.165, 1.54) is 58.2 Å². The van der Waals surface area contributed by atoms with E-state index in [-0.39, 0.29) is 0 Å². The summed E-state index contributed by atoms with van der Waals surface area (Å²) in [6.45, 7) is 3.68. The molecular weight excluding hydrogens is 240 g/mol. The number of hydrogen-bond donors (Lipinski definition) is 1. The second kappa shape index (κ2) is 5.80. The molecule has 4 heteroatoms. The van der Waals surface area contributed by atoms with Crippen LogP contribution in [0.5, 0.6) is 0 Å². The molecule has 3 rings (SSSR count). The molecule has 1 saturated carbocycles. The number of likely N-dealkylation sites (tertiary alicyclic amines) is 2. The fraction of sp³-hybridized carbons (Fsp3) is 0.933. The number of hydrogen-bond acceptors (Lipinski definition) is 3. The minimum atomic E-state index is -0.642. The first kappa shape index (κ1) is 13.4. The number of carboxylic acid groups (broad SMARTS) is 1. The van der Waals surface area contributed by atoms with E-state index >= 15 is 0 Å². The first-order valence-corrected chi connectivity index (χ1v) is 7.95. The molecule has 0 aromatic carbocycles. The summed E-state index contributed by atoms with van der Waals surface area (Å²) >= 11 is 0. The molecule has 0 amide bonds. The molecule has 2 saturated heterocycles. The van der Waals surface area contributed by atoms with Crippen molar-refractivity contribution in [3.05, 3.63) is 0 Å². The Kier molecular flexibility index (Phi) is 4.08. The van der Waals surface area contributed by atoms with Crippen LogP contribution in [0, 0.1) is 0 Å². The van der Waals surface area contributed by atoms with E-state index in [1.807, 2.05) is 0 Å². The van der Waals surface area contributed by atoms with Crippen molar-refractivity contribution in [2.75, 3.05) is 19.6 Å². The number of carbonyl (C=O) groups is 1. The van der Waals surface area contributed by atoms with Crippen LogP contribution in [0.3, 0.4) is 0 Å². The van der Waals surface area contributed by atoms with Crippen LogP contribution in [0.25, 0.3) is 0 Å². The van der Waals surface area contributed by atoms with Gasteiger partial charge in [0.2, 0.25) is 0 Å². The van der Waals surface area contributed by atoms with Crippen LogP contribution in [-0.4, -0.2) is 58.6 Å². The Labute approximate surface area is 115 Å². The van der Waals surface area contributed by atoms with E-state index in [9.17, 15) is 4.79 Å². The van der Waals surface area contributed by atoms with Crippen molar-refractivity contribution in [2.45, 2.75) is 69.5 Å². The van der Waals surface area contributed by atoms with Crippen molar-refractivity contribution in [3.8, 4) is 0 Å². The Balaban J connectivity index is 1.55. The maximum Gasteiger partial charge on any atom is 0.303 e. The third-order valence-electron chi connectivity index (χ3n) is 5.09. The summed E-state index contributed by atoms with van der Waals surface area (Å²) in [5, 5.41) is 8.89. The lowest BCUT2D eigenvalue weighted by molar-refractivity contribution is -0.137. The standard InChI is InChI=1S/C15H26N2O2/c18-15(19)7-6-13-3-1-2-9-17(13)14-8-10-16(11-14)12-4-5-12/h12-14H,1-11H2,(H,18,19). The summed E-state index contributed by atoms with van der Waals surface area (Å²) in [7, 11) is 0. The van der Waals surface area contributed by atoms with Crippen LogP contribution in [0.1, 0.15) is 51.4 Å². The normalized spacial score (nSPS) is 33.7. The van der Waals surface area contributed by atoms with E-state index in [4.69, 9.17) is 5.11 Å². The van der Waals surface area contributed by atoms with Crippen LogP contribution >= 0.6 is 0 Å². The Bertz CT molecular complexity index is 330. The van der Waals surface area contributed by atoms with Gasteiger partial charge in [-0.25, -0.2) is 0 Å². The van der Waals surface area contributed by atoms with Crippen molar-refractivity contribution in [3.63, 3.8) is 0 Å². The number of rotatable bonds is 5. The molecule has 2 atom stereocenters. The molecule has 0 aromatic rings. The minimum Gasteiger partial charge on any atom is -0.481 e. The second-order valence-corrected chi connectivity index (χ2v) is 6.49. The minimum absolute atomic E-state index is 0.334. The second-order valence-electron chi connectivity index (χ2n) is 6.49. The lowest BCUT2D eigenvalue weighted by Crippen LogP contribution is -2.47. The van der Waals surface area contributed by atoms with Gasteiger partial charge in [-0.1, -0.05) is 6.42 Å². The van der Waals surface area contributed by atoms with Crippen LogP contribution in [-0.2, 0) is 4.79 Å². The van der Waals surface area contributed by atoms with Gasteiger partial charge in [-0.3, -0.25) is 14.6 Å². The number of aliphatic carboxylic acids is 1. The molecule has 2 unspecified atom stereocenters. The highest BCUT2D eigenvalue weighted by Crippen LogP contribution is 2.33. The summed E-state index contributed by atoms with van der Waals surface area (Å²) in [5.74, 6) is -0.642.